The van der Waals surface area contributed by atoms with E-state index in [4.69, 9.17) is 0 Å². The Morgan fingerprint density at radius 1 is 0.250 bits per heavy atom. The van der Waals surface area contributed by atoms with Crippen LogP contribution in [0.4, 0.5) is 87.8 Å². The second kappa shape index (κ2) is 18.3. The maximum Gasteiger partial charge on any atom is 0.257 e. The minimum Gasteiger partial charge on any atom is -0.204 e. The number of nitriles is 4. The Hall–Kier alpha value is -9.29. The fraction of sp³-hybridized carbons (Fsp3) is 0. The van der Waals surface area contributed by atoms with Gasteiger partial charge in [0, 0.05) is 33.0 Å². The van der Waals surface area contributed by atoms with Crippen LogP contribution >= 0.6 is 0 Å². The summed E-state index contributed by atoms with van der Waals surface area (Å²) in [7, 11) is 0. The summed E-state index contributed by atoms with van der Waals surface area (Å²) in [5.74, 6) is -55.6. The Bertz CT molecular complexity index is 3600. The van der Waals surface area contributed by atoms with Gasteiger partial charge in [-0.25, -0.2) is 87.8 Å². The van der Waals surface area contributed by atoms with Crippen molar-refractivity contribution >= 4 is 57.3 Å². The first-order valence-electron chi connectivity index (χ1n) is 20.5. The van der Waals surface area contributed by atoms with Gasteiger partial charge in [0.1, 0.15) is 35.4 Å². The molecule has 2 aliphatic rings. The van der Waals surface area contributed by atoms with Crippen molar-refractivity contribution in [3.05, 3.63) is 198 Å². The molecule has 0 saturated heterocycles. The molecule has 2 aliphatic carbocycles. The Morgan fingerprint density at radius 2 is 0.447 bits per heavy atom. The molecule has 0 unspecified atom stereocenters. The average Bonchev–Trinajstić information content (AvgIpc) is 3.92. The van der Waals surface area contributed by atoms with Crippen LogP contribution in [0.15, 0.2) is 59.7 Å². The lowest BCUT2D eigenvalue weighted by Gasteiger charge is -2.21. The molecular formula is C50H8B2F20N4. The van der Waals surface area contributed by atoms with Gasteiger partial charge in [0.15, 0.2) is 116 Å². The zero-order valence-electron chi connectivity index (χ0n) is 36.1. The van der Waals surface area contributed by atoms with Crippen LogP contribution in [0.1, 0.15) is 22.3 Å². The molecule has 9 rings (SSSR count). The van der Waals surface area contributed by atoms with Crippen molar-refractivity contribution in [1.29, 1.82) is 21.0 Å². The van der Waals surface area contributed by atoms with Crippen molar-refractivity contribution in [3.63, 3.8) is 0 Å². The van der Waals surface area contributed by atoms with Gasteiger partial charge in [-0.15, -0.1) is 0 Å². The van der Waals surface area contributed by atoms with Crippen molar-refractivity contribution in [2.75, 3.05) is 0 Å². The lowest BCUT2D eigenvalue weighted by atomic mass is 9.36. The first kappa shape index (κ1) is 51.6. The molecule has 4 nitrogen and oxygen atoms in total. The first-order chi connectivity index (χ1) is 35.9. The van der Waals surface area contributed by atoms with Gasteiger partial charge >= 0.3 is 0 Å². The van der Waals surface area contributed by atoms with Gasteiger partial charge in [0.05, 0.1) is 0 Å². The number of halogens is 20. The summed E-state index contributed by atoms with van der Waals surface area (Å²) in [5.41, 5.74) is -16.1. The summed E-state index contributed by atoms with van der Waals surface area (Å²) >= 11 is 0. The first-order valence-corrected chi connectivity index (χ1v) is 20.5. The highest BCUT2D eigenvalue weighted by molar-refractivity contribution is 6.96. The highest BCUT2D eigenvalue weighted by Gasteiger charge is 2.44. The molecule has 0 N–H and O–H groups in total. The zero-order chi connectivity index (χ0) is 55.6. The zero-order valence-corrected chi connectivity index (χ0v) is 36.1. The molecule has 0 bridgehead atoms. The van der Waals surface area contributed by atoms with Gasteiger partial charge in [-0.3, -0.25) is 0 Å². The molecule has 7 aromatic carbocycles. The number of hydrogen-bond acceptors (Lipinski definition) is 4. The predicted octanol–water partition coefficient (Wildman–Crippen LogP) is 9.16. The van der Waals surface area contributed by atoms with Crippen LogP contribution in [0.3, 0.4) is 0 Å². The quantitative estimate of drug-likeness (QED) is 0.0546. The van der Waals surface area contributed by atoms with Crippen molar-refractivity contribution in [1.82, 2.24) is 0 Å². The monoisotopic (exact) mass is 1070 g/mol. The fourth-order valence-electron chi connectivity index (χ4n) is 9.38. The van der Waals surface area contributed by atoms with Crippen molar-refractivity contribution < 1.29 is 87.8 Å². The third-order valence-corrected chi connectivity index (χ3v) is 12.6. The molecule has 26 heteroatoms. The van der Waals surface area contributed by atoms with Crippen LogP contribution in [-0.2, 0) is 0 Å². The Labute approximate surface area is 410 Å². The van der Waals surface area contributed by atoms with Crippen LogP contribution in [0.25, 0.3) is 33.4 Å². The summed E-state index contributed by atoms with van der Waals surface area (Å²) < 4.78 is 301. The van der Waals surface area contributed by atoms with Crippen molar-refractivity contribution in [2.45, 2.75) is 0 Å². The molecule has 7 aromatic rings. The molecular weight excluding hydrogens is 1060 g/mol. The van der Waals surface area contributed by atoms with Gasteiger partial charge in [0.25, 0.3) is 13.4 Å². The molecule has 0 heterocycles. The molecule has 0 aliphatic heterocycles. The Balaban J connectivity index is 1.33. The number of benzene rings is 7. The standard InChI is InChI=1S/C50H8B2F20N4/c53-31-27(32(54)40(62)47(69)39(31)61)51(28-33(55)41(63)48(70)42(64)34(28)56)15-1-3-17-19-7-20-18-4-2-16(6-22(18)26(14(11-75)12-76)24(20)8-23(19)25(21(17)5-15)13(9-73)10-74)52(29-35(57)43(65)49(71)44(66)36(29)58)30-37(59)45(67)50(72)46(68)38(30)60/h1-8H. The highest BCUT2D eigenvalue weighted by Crippen LogP contribution is 2.53. The van der Waals surface area contributed by atoms with E-state index < -0.39 is 196 Å². The lowest BCUT2D eigenvalue weighted by Crippen LogP contribution is -2.58. The van der Waals surface area contributed by atoms with E-state index in [1.807, 2.05) is 0 Å². The molecule has 0 radical (unpaired) electrons. The Morgan fingerprint density at radius 3 is 0.671 bits per heavy atom. The van der Waals surface area contributed by atoms with Crippen LogP contribution < -0.4 is 32.8 Å². The van der Waals surface area contributed by atoms with Crippen LogP contribution in [-0.4, -0.2) is 13.4 Å². The lowest BCUT2D eigenvalue weighted by molar-refractivity contribution is 0.382. The summed E-state index contributed by atoms with van der Waals surface area (Å²) in [5, 5.41) is 40.7. The van der Waals surface area contributed by atoms with E-state index in [1.54, 1.807) is 0 Å². The Kier molecular flexibility index (Phi) is 12.4. The van der Waals surface area contributed by atoms with Crippen molar-refractivity contribution in [2.24, 2.45) is 0 Å². The van der Waals surface area contributed by atoms with Gasteiger partial charge in [-0.05, 0) is 56.6 Å². The summed E-state index contributed by atoms with van der Waals surface area (Å²) in [6, 6.07) is 12.4. The number of fused-ring (bicyclic) bond motifs is 6. The van der Waals surface area contributed by atoms with Crippen LogP contribution in [0.2, 0.25) is 0 Å². The molecule has 0 saturated carbocycles. The van der Waals surface area contributed by atoms with E-state index in [9.17, 15) is 73.7 Å². The van der Waals surface area contributed by atoms with Crippen molar-refractivity contribution in [3.8, 4) is 46.5 Å². The number of rotatable bonds is 6. The van der Waals surface area contributed by atoms with E-state index in [0.29, 0.717) is 24.3 Å². The van der Waals surface area contributed by atoms with E-state index >= 15 is 35.1 Å². The molecule has 0 aromatic heterocycles. The van der Waals surface area contributed by atoms with Gasteiger partial charge in [-0.2, -0.15) is 21.0 Å². The van der Waals surface area contributed by atoms with Gasteiger partial charge < -0.3 is 0 Å². The minimum absolute atomic E-state index is 0.158. The second-order valence-electron chi connectivity index (χ2n) is 16.3. The molecule has 76 heavy (non-hydrogen) atoms. The number of nitrogens with zero attached hydrogens (tertiary/aromatic N) is 4. The number of hydrogen-bond donors (Lipinski definition) is 0. The molecule has 0 fully saturated rings. The van der Waals surface area contributed by atoms with E-state index in [-0.39, 0.29) is 33.4 Å². The highest BCUT2D eigenvalue weighted by atomic mass is 19.2. The number of allylic oxidation sites excluding steroid dienone is 2. The third-order valence-electron chi connectivity index (χ3n) is 12.6. The smallest absolute Gasteiger partial charge is 0.204 e. The minimum atomic E-state index is -3.15. The van der Waals surface area contributed by atoms with E-state index in [0.717, 1.165) is 24.3 Å². The van der Waals surface area contributed by atoms with Gasteiger partial charge in [-0.1, -0.05) is 47.3 Å². The largest absolute Gasteiger partial charge is 0.257 e. The van der Waals surface area contributed by atoms with Crippen LogP contribution in [0, 0.1) is 162 Å². The fourth-order valence-corrected chi connectivity index (χ4v) is 9.38. The summed E-state index contributed by atoms with van der Waals surface area (Å²) in [6.07, 6.45) is 0. The average molecular weight is 1070 g/mol. The molecule has 374 valence electrons. The maximum absolute atomic E-state index is 15.7. The molecule has 0 amide bonds. The van der Waals surface area contributed by atoms with E-state index in [2.05, 4.69) is 0 Å². The second-order valence-corrected chi connectivity index (χ2v) is 16.3. The predicted molar refractivity (Wildman–Crippen MR) is 226 cm³/mol. The summed E-state index contributed by atoms with van der Waals surface area (Å²) in [6.45, 7) is -6.30. The van der Waals surface area contributed by atoms with E-state index in [1.165, 1.54) is 24.3 Å². The maximum atomic E-state index is 15.7. The third kappa shape index (κ3) is 7.07. The molecule has 0 atom stereocenters. The van der Waals surface area contributed by atoms with Crippen LogP contribution in [0.5, 0.6) is 0 Å². The summed E-state index contributed by atoms with van der Waals surface area (Å²) in [4.78, 5) is 0. The SMILES string of the molecule is N#CC(C#N)=C1c2cc(B(c3c(F)c(F)c(F)c(F)c3F)c3c(F)c(F)c(F)c(F)c3F)ccc2-c2cc3c(cc21)C(=C(C#N)C#N)c1cc(B(c2c(F)c(F)c(F)c(F)c2F)c2c(F)c(F)c(F)c(F)c2F)ccc1-3. The normalized spacial score (nSPS) is 11.8. The molecule has 0 spiro atoms. The topological polar surface area (TPSA) is 95.2 Å². The van der Waals surface area contributed by atoms with Gasteiger partial charge in [0.2, 0.25) is 0 Å².